The minimum atomic E-state index is -0.574. The maximum absolute atomic E-state index is 11.3. The first kappa shape index (κ1) is 8.44. The van der Waals surface area contributed by atoms with E-state index in [0.717, 1.165) is 5.56 Å². The fraction of sp³-hybridized carbons (Fsp3) is 0.333. The molecular weight excluding hydrogens is 188 g/mol. The van der Waals surface area contributed by atoms with Crippen LogP contribution < -0.4 is 0 Å². The quantitative estimate of drug-likeness (QED) is 0.638. The number of ether oxygens (including phenoxy) is 1. The van der Waals surface area contributed by atoms with Crippen LogP contribution in [0.1, 0.15) is 22.2 Å². The molecule has 2 heterocycles. The van der Waals surface area contributed by atoms with Crippen molar-refractivity contribution in [1.82, 2.24) is 0 Å². The lowest BCUT2D eigenvalue weighted by atomic mass is 10.0. The summed E-state index contributed by atoms with van der Waals surface area (Å²) in [5, 5.41) is 1.84. The van der Waals surface area contributed by atoms with Gasteiger partial charge in [0.25, 0.3) is 0 Å². The fourth-order valence-electron chi connectivity index (χ4n) is 1.33. The highest BCUT2D eigenvalue weighted by atomic mass is 32.1. The minimum absolute atomic E-state index is 0.0924. The molecule has 0 aromatic carbocycles. The van der Waals surface area contributed by atoms with E-state index in [1.165, 1.54) is 18.3 Å². The van der Waals surface area contributed by atoms with Gasteiger partial charge in [-0.2, -0.15) is 0 Å². The second-order valence-corrected chi connectivity index (χ2v) is 3.90. The van der Waals surface area contributed by atoms with Gasteiger partial charge in [0.1, 0.15) is 4.88 Å². The standard InChI is InChI=1S/C9H8O3S/c1-5(10)7-4-6-2-3-13-8(6)9(11)12-7/h2-3,7H,4H2,1H3. The minimum Gasteiger partial charge on any atom is -0.450 e. The number of hydrogen-bond acceptors (Lipinski definition) is 4. The Hall–Kier alpha value is -1.16. The van der Waals surface area contributed by atoms with Crippen molar-refractivity contribution in [1.29, 1.82) is 0 Å². The Morgan fingerprint density at radius 3 is 3.15 bits per heavy atom. The van der Waals surface area contributed by atoms with Gasteiger partial charge in [0.15, 0.2) is 11.9 Å². The average molecular weight is 196 g/mol. The Morgan fingerprint density at radius 2 is 2.46 bits per heavy atom. The summed E-state index contributed by atoms with van der Waals surface area (Å²) in [5.41, 5.74) is 0.932. The van der Waals surface area contributed by atoms with Crippen LogP contribution in [0, 0.1) is 0 Å². The predicted octanol–water partition coefficient (Wildman–Crippen LogP) is 1.42. The van der Waals surface area contributed by atoms with Crippen LogP contribution in [-0.2, 0) is 16.0 Å². The van der Waals surface area contributed by atoms with Crippen LogP contribution >= 0.6 is 11.3 Å². The number of rotatable bonds is 1. The summed E-state index contributed by atoms with van der Waals surface area (Å²) in [6, 6.07) is 1.87. The summed E-state index contributed by atoms with van der Waals surface area (Å²) >= 11 is 1.36. The Morgan fingerprint density at radius 1 is 1.69 bits per heavy atom. The molecule has 0 saturated carbocycles. The number of hydrogen-bond donors (Lipinski definition) is 0. The number of Topliss-reactive ketones (excluding diaryl/α,β-unsaturated/α-hetero) is 1. The summed E-state index contributed by atoms with van der Waals surface area (Å²) in [7, 11) is 0. The Balaban J connectivity index is 2.34. The molecule has 0 radical (unpaired) electrons. The molecule has 1 unspecified atom stereocenters. The highest BCUT2D eigenvalue weighted by molar-refractivity contribution is 7.12. The Kier molecular flexibility index (Phi) is 1.92. The third-order valence-corrected chi connectivity index (χ3v) is 2.98. The number of cyclic esters (lactones) is 1. The van der Waals surface area contributed by atoms with Gasteiger partial charge in [-0.05, 0) is 23.9 Å². The summed E-state index contributed by atoms with van der Waals surface area (Å²) in [6.45, 7) is 1.44. The summed E-state index contributed by atoms with van der Waals surface area (Å²) in [4.78, 5) is 22.9. The van der Waals surface area contributed by atoms with E-state index in [9.17, 15) is 9.59 Å². The van der Waals surface area contributed by atoms with Gasteiger partial charge in [-0.3, -0.25) is 4.79 Å². The number of thiophene rings is 1. The van der Waals surface area contributed by atoms with Crippen molar-refractivity contribution in [3.8, 4) is 0 Å². The van der Waals surface area contributed by atoms with Crippen molar-refractivity contribution < 1.29 is 14.3 Å². The Labute approximate surface area is 79.3 Å². The highest BCUT2D eigenvalue weighted by Crippen LogP contribution is 2.25. The van der Waals surface area contributed by atoms with Crippen molar-refractivity contribution in [2.75, 3.05) is 0 Å². The first-order chi connectivity index (χ1) is 6.18. The van der Waals surface area contributed by atoms with Crippen molar-refractivity contribution in [3.63, 3.8) is 0 Å². The van der Waals surface area contributed by atoms with Gasteiger partial charge in [-0.15, -0.1) is 11.3 Å². The second-order valence-electron chi connectivity index (χ2n) is 2.98. The number of fused-ring (bicyclic) bond motifs is 1. The molecule has 1 aromatic heterocycles. The monoisotopic (exact) mass is 196 g/mol. The normalized spacial score (nSPS) is 20.7. The zero-order valence-corrected chi connectivity index (χ0v) is 7.89. The summed E-state index contributed by atoms with van der Waals surface area (Å²) in [6.07, 6.45) is -0.0468. The zero-order chi connectivity index (χ0) is 9.42. The number of carbonyl (C=O) groups excluding carboxylic acids is 2. The SMILES string of the molecule is CC(=O)C1Cc2ccsc2C(=O)O1. The van der Waals surface area contributed by atoms with E-state index in [0.29, 0.717) is 11.3 Å². The van der Waals surface area contributed by atoms with Crippen molar-refractivity contribution in [3.05, 3.63) is 21.9 Å². The summed E-state index contributed by atoms with van der Waals surface area (Å²) in [5.74, 6) is -0.457. The van der Waals surface area contributed by atoms with E-state index < -0.39 is 6.10 Å². The molecule has 3 nitrogen and oxygen atoms in total. The lowest BCUT2D eigenvalue weighted by Crippen LogP contribution is -2.31. The maximum atomic E-state index is 11.3. The smallest absolute Gasteiger partial charge is 0.349 e. The van der Waals surface area contributed by atoms with Gasteiger partial charge >= 0.3 is 5.97 Å². The predicted molar refractivity (Wildman–Crippen MR) is 47.9 cm³/mol. The van der Waals surface area contributed by atoms with Crippen LogP contribution in [0.3, 0.4) is 0 Å². The topological polar surface area (TPSA) is 43.4 Å². The van der Waals surface area contributed by atoms with Gasteiger partial charge in [-0.1, -0.05) is 0 Å². The van der Waals surface area contributed by atoms with Crippen LogP contribution in [0.4, 0.5) is 0 Å². The number of esters is 1. The lowest BCUT2D eigenvalue weighted by molar-refractivity contribution is -0.125. The van der Waals surface area contributed by atoms with E-state index in [2.05, 4.69) is 0 Å². The van der Waals surface area contributed by atoms with Gasteiger partial charge in [0, 0.05) is 6.42 Å². The molecule has 1 atom stereocenters. The van der Waals surface area contributed by atoms with Gasteiger partial charge in [0.05, 0.1) is 0 Å². The van der Waals surface area contributed by atoms with Crippen LogP contribution in [0.2, 0.25) is 0 Å². The average Bonchev–Trinajstić information content (AvgIpc) is 2.51. The molecule has 2 rings (SSSR count). The largest absolute Gasteiger partial charge is 0.450 e. The van der Waals surface area contributed by atoms with E-state index in [1.54, 1.807) is 0 Å². The number of carbonyl (C=O) groups is 2. The Bertz CT molecular complexity index is 367. The first-order valence-corrected chi connectivity index (χ1v) is 4.84. The van der Waals surface area contributed by atoms with Gasteiger partial charge < -0.3 is 4.74 Å². The van der Waals surface area contributed by atoms with Crippen LogP contribution in [-0.4, -0.2) is 17.9 Å². The molecule has 0 N–H and O–H groups in total. The molecule has 0 spiro atoms. The third kappa shape index (κ3) is 1.37. The van der Waals surface area contributed by atoms with Crippen LogP contribution in [0.15, 0.2) is 11.4 Å². The van der Waals surface area contributed by atoms with Gasteiger partial charge in [0.2, 0.25) is 0 Å². The van der Waals surface area contributed by atoms with Crippen molar-refractivity contribution >= 4 is 23.1 Å². The molecule has 0 aliphatic carbocycles. The molecule has 1 aromatic rings. The first-order valence-electron chi connectivity index (χ1n) is 3.96. The third-order valence-electron chi connectivity index (χ3n) is 2.04. The molecule has 0 amide bonds. The fourth-order valence-corrected chi connectivity index (χ4v) is 2.14. The molecule has 1 aliphatic rings. The molecule has 0 fully saturated rings. The zero-order valence-electron chi connectivity index (χ0n) is 7.07. The van der Waals surface area contributed by atoms with E-state index in [4.69, 9.17) is 4.74 Å². The van der Waals surface area contributed by atoms with Crippen LogP contribution in [0.5, 0.6) is 0 Å². The molecule has 68 valence electrons. The van der Waals surface area contributed by atoms with Crippen molar-refractivity contribution in [2.24, 2.45) is 0 Å². The molecule has 0 saturated heterocycles. The van der Waals surface area contributed by atoms with E-state index >= 15 is 0 Å². The van der Waals surface area contributed by atoms with Crippen molar-refractivity contribution in [2.45, 2.75) is 19.4 Å². The molecule has 4 heteroatoms. The maximum Gasteiger partial charge on any atom is 0.349 e. The number of ketones is 1. The lowest BCUT2D eigenvalue weighted by Gasteiger charge is -2.19. The van der Waals surface area contributed by atoms with E-state index in [1.807, 2.05) is 11.4 Å². The molecule has 1 aliphatic heterocycles. The molecular formula is C9H8O3S. The van der Waals surface area contributed by atoms with Gasteiger partial charge in [-0.25, -0.2) is 4.79 Å². The second kappa shape index (κ2) is 2.96. The molecule has 13 heavy (non-hydrogen) atoms. The summed E-state index contributed by atoms with van der Waals surface area (Å²) < 4.78 is 4.95. The van der Waals surface area contributed by atoms with Crippen LogP contribution in [0.25, 0.3) is 0 Å². The van der Waals surface area contributed by atoms with E-state index in [-0.39, 0.29) is 11.8 Å². The molecule has 0 bridgehead atoms. The highest BCUT2D eigenvalue weighted by Gasteiger charge is 2.29.